The van der Waals surface area contributed by atoms with Gasteiger partial charge in [0, 0.05) is 11.8 Å². The number of carbonyl (C=O) groups is 1. The zero-order chi connectivity index (χ0) is 23.5. The molecule has 0 saturated carbocycles. The molecule has 0 amide bonds. The number of terminal acetylenes is 1. The van der Waals surface area contributed by atoms with E-state index in [9.17, 15) is 4.79 Å². The van der Waals surface area contributed by atoms with Crippen molar-refractivity contribution in [3.63, 3.8) is 0 Å². The molecule has 3 heteroatoms. The molecule has 0 saturated heterocycles. The number of hydrogen-bond donors (Lipinski definition) is 0. The Morgan fingerprint density at radius 3 is 2.10 bits per heavy atom. The molecule has 166 valence electrons. The minimum Gasteiger partial charge on any atom is -0.490 e. The average molecular weight is 421 g/mol. The summed E-state index contributed by atoms with van der Waals surface area (Å²) in [6.45, 7) is 14.5. The molecule has 31 heavy (non-hydrogen) atoms. The predicted molar refractivity (Wildman–Crippen MR) is 130 cm³/mol. The van der Waals surface area contributed by atoms with Crippen molar-refractivity contribution >= 4 is 5.78 Å². The van der Waals surface area contributed by atoms with Gasteiger partial charge in [-0.1, -0.05) is 59.6 Å². The van der Waals surface area contributed by atoms with Gasteiger partial charge >= 0.3 is 0 Å². The summed E-state index contributed by atoms with van der Waals surface area (Å²) in [6.07, 6.45) is 17.1. The highest BCUT2D eigenvalue weighted by atomic mass is 16.5. The number of carbonyl (C=O) groups excluding carboxylic acids is 1. The molecular weight excluding hydrogens is 384 g/mol. The summed E-state index contributed by atoms with van der Waals surface area (Å²) >= 11 is 0. The Hall–Kier alpha value is -2.99. The van der Waals surface area contributed by atoms with E-state index in [4.69, 9.17) is 15.9 Å². The highest BCUT2D eigenvalue weighted by molar-refractivity contribution is 5.84. The Bertz CT molecular complexity index is 874. The predicted octanol–water partition coefficient (Wildman–Crippen LogP) is 7.07. The summed E-state index contributed by atoms with van der Waals surface area (Å²) in [7, 11) is 0. The minimum atomic E-state index is -0.335. The van der Waals surface area contributed by atoms with E-state index >= 15 is 0 Å². The molecule has 0 radical (unpaired) electrons. The van der Waals surface area contributed by atoms with Crippen LogP contribution in [0.5, 0.6) is 11.5 Å². The third-order valence-electron chi connectivity index (χ3n) is 4.51. The van der Waals surface area contributed by atoms with Crippen LogP contribution >= 0.6 is 0 Å². The van der Waals surface area contributed by atoms with E-state index in [1.54, 1.807) is 6.08 Å². The average Bonchev–Trinajstić information content (AvgIpc) is 2.69. The summed E-state index contributed by atoms with van der Waals surface area (Å²) in [5, 5.41) is 0. The lowest BCUT2D eigenvalue weighted by atomic mass is 9.86. The van der Waals surface area contributed by atoms with Gasteiger partial charge in [-0.25, -0.2) is 0 Å². The number of ether oxygens (including phenoxy) is 2. The number of benzene rings is 1. The normalized spacial score (nSPS) is 13.5. The van der Waals surface area contributed by atoms with Crippen molar-refractivity contribution in [3.8, 4) is 23.8 Å². The molecule has 0 aliphatic rings. The molecule has 0 heterocycles. The lowest BCUT2D eigenvalue weighted by molar-refractivity contribution is -0.125. The van der Waals surface area contributed by atoms with Crippen LogP contribution < -0.4 is 9.47 Å². The van der Waals surface area contributed by atoms with Crippen LogP contribution in [0.1, 0.15) is 54.9 Å². The van der Waals surface area contributed by atoms with Crippen LogP contribution in [-0.2, 0) is 4.79 Å². The maximum atomic E-state index is 12.0. The van der Waals surface area contributed by atoms with E-state index in [-0.39, 0.29) is 16.6 Å². The Morgan fingerprint density at radius 2 is 1.58 bits per heavy atom. The molecule has 0 aliphatic heterocycles. The van der Waals surface area contributed by atoms with Crippen LogP contribution in [0.3, 0.4) is 0 Å². The van der Waals surface area contributed by atoms with Gasteiger partial charge in [-0.15, -0.1) is 6.42 Å². The molecule has 0 spiro atoms. The summed E-state index contributed by atoms with van der Waals surface area (Å²) in [6, 6.07) is 7.45. The monoisotopic (exact) mass is 420 g/mol. The van der Waals surface area contributed by atoms with Crippen LogP contribution in [0.25, 0.3) is 0 Å². The molecule has 0 N–H and O–H groups in total. The minimum absolute atomic E-state index is 0.0131. The van der Waals surface area contributed by atoms with Gasteiger partial charge in [0.25, 0.3) is 0 Å². The summed E-state index contributed by atoms with van der Waals surface area (Å²) in [5.74, 6) is 4.93. The molecule has 1 aromatic carbocycles. The topological polar surface area (TPSA) is 35.5 Å². The van der Waals surface area contributed by atoms with Crippen LogP contribution in [0.2, 0.25) is 0 Å². The summed E-state index contributed by atoms with van der Waals surface area (Å²) in [4.78, 5) is 12.0. The fraction of sp³-hybridized carbons (Fsp3) is 0.393. The first kappa shape index (κ1) is 26.0. The van der Waals surface area contributed by atoms with Gasteiger partial charge < -0.3 is 9.47 Å². The van der Waals surface area contributed by atoms with Gasteiger partial charge in [0.2, 0.25) is 0 Å². The van der Waals surface area contributed by atoms with Gasteiger partial charge in [0.1, 0.15) is 29.6 Å². The SMILES string of the molecule is C#C/C=C(\C=C/COc1ccc(OC(/C=C\CC(=O)C(C)(C)C)=C/C)cc1)C(C)(C)C. The van der Waals surface area contributed by atoms with Crippen LogP contribution in [0.15, 0.2) is 72.1 Å². The van der Waals surface area contributed by atoms with E-state index in [0.717, 1.165) is 11.3 Å². The fourth-order valence-corrected chi connectivity index (χ4v) is 2.44. The van der Waals surface area contributed by atoms with Gasteiger partial charge in [-0.05, 0) is 66.5 Å². The van der Waals surface area contributed by atoms with Crippen molar-refractivity contribution in [2.24, 2.45) is 10.8 Å². The Morgan fingerprint density at radius 1 is 0.968 bits per heavy atom. The molecule has 0 aliphatic carbocycles. The number of ketones is 1. The number of Topliss-reactive ketones (excluding diaryl/α,β-unsaturated/α-hetero) is 1. The maximum absolute atomic E-state index is 12.0. The van der Waals surface area contributed by atoms with E-state index in [2.05, 4.69) is 26.7 Å². The molecule has 0 fully saturated rings. The van der Waals surface area contributed by atoms with Crippen LogP contribution in [-0.4, -0.2) is 12.4 Å². The number of rotatable bonds is 9. The van der Waals surface area contributed by atoms with Gasteiger partial charge in [-0.2, -0.15) is 0 Å². The molecule has 1 aromatic rings. The van der Waals surface area contributed by atoms with Gasteiger partial charge in [-0.3, -0.25) is 4.79 Å². The van der Waals surface area contributed by atoms with Crippen molar-refractivity contribution in [3.05, 3.63) is 72.1 Å². The first-order valence-corrected chi connectivity index (χ1v) is 10.6. The van der Waals surface area contributed by atoms with E-state index in [0.29, 0.717) is 24.5 Å². The summed E-state index contributed by atoms with van der Waals surface area (Å²) in [5.41, 5.74) is 0.734. The second kappa shape index (κ2) is 12.0. The molecule has 0 atom stereocenters. The Balaban J connectivity index is 2.61. The first-order chi connectivity index (χ1) is 14.5. The van der Waals surface area contributed by atoms with Gasteiger partial charge in [0.05, 0.1) is 0 Å². The first-order valence-electron chi connectivity index (χ1n) is 10.6. The lowest BCUT2D eigenvalue weighted by Gasteiger charge is -2.19. The van der Waals surface area contributed by atoms with Crippen molar-refractivity contribution in [1.29, 1.82) is 0 Å². The molecule has 0 unspecified atom stereocenters. The standard InChI is InChI=1S/C28H36O3/c1-9-13-22(27(3,4)5)14-12-21-30-24-17-19-25(20-18-24)31-23(10-2)15-11-16-26(29)28(6,7)8/h1,10-15,17-20H,16,21H2,2-8H3/b14-12-,15-11-,22-13+,23-10+. The van der Waals surface area contributed by atoms with Crippen LogP contribution in [0.4, 0.5) is 0 Å². The summed E-state index contributed by atoms with van der Waals surface area (Å²) < 4.78 is 11.6. The van der Waals surface area contributed by atoms with E-state index in [1.165, 1.54) is 0 Å². The third kappa shape index (κ3) is 10.0. The van der Waals surface area contributed by atoms with Crippen molar-refractivity contribution in [2.45, 2.75) is 54.9 Å². The molecular formula is C28H36O3. The van der Waals surface area contributed by atoms with Gasteiger partial charge in [0.15, 0.2) is 0 Å². The highest BCUT2D eigenvalue weighted by Gasteiger charge is 2.19. The van der Waals surface area contributed by atoms with Crippen molar-refractivity contribution in [2.75, 3.05) is 6.61 Å². The fourth-order valence-electron chi connectivity index (χ4n) is 2.44. The molecule has 0 aromatic heterocycles. The smallest absolute Gasteiger partial charge is 0.141 e. The zero-order valence-electron chi connectivity index (χ0n) is 20.0. The van der Waals surface area contributed by atoms with Crippen LogP contribution in [0, 0.1) is 23.2 Å². The second-order valence-corrected chi connectivity index (χ2v) is 9.27. The Kier molecular flexibility index (Phi) is 10.1. The molecule has 3 nitrogen and oxygen atoms in total. The largest absolute Gasteiger partial charge is 0.490 e. The maximum Gasteiger partial charge on any atom is 0.141 e. The van der Waals surface area contributed by atoms with E-state index < -0.39 is 0 Å². The van der Waals surface area contributed by atoms with Crippen molar-refractivity contribution in [1.82, 2.24) is 0 Å². The third-order valence-corrected chi connectivity index (χ3v) is 4.51. The molecule has 1 rings (SSSR count). The highest BCUT2D eigenvalue weighted by Crippen LogP contribution is 2.26. The second-order valence-electron chi connectivity index (χ2n) is 9.27. The molecule has 0 bridgehead atoms. The Labute approximate surface area is 188 Å². The lowest BCUT2D eigenvalue weighted by Crippen LogP contribution is -2.18. The zero-order valence-corrected chi connectivity index (χ0v) is 20.0. The number of hydrogen-bond acceptors (Lipinski definition) is 3. The van der Waals surface area contributed by atoms with Crippen molar-refractivity contribution < 1.29 is 14.3 Å². The quantitative estimate of drug-likeness (QED) is 0.243. The number of allylic oxidation sites excluding steroid dienone is 6. The van der Waals surface area contributed by atoms with E-state index in [1.807, 2.05) is 82.3 Å².